The molecule has 118 valence electrons. The number of nitrogens with zero attached hydrogens (tertiary/aromatic N) is 2. The zero-order valence-electron chi connectivity index (χ0n) is 13.0. The highest BCUT2D eigenvalue weighted by Crippen LogP contribution is 2.26. The summed E-state index contributed by atoms with van der Waals surface area (Å²) in [5.41, 5.74) is 2.62. The maximum absolute atomic E-state index is 10.6. The molecule has 0 atom stereocenters. The maximum atomic E-state index is 10.6. The Bertz CT molecular complexity index is 747. The van der Waals surface area contributed by atoms with E-state index in [0.717, 1.165) is 11.3 Å². The van der Waals surface area contributed by atoms with Gasteiger partial charge in [0.15, 0.2) is 5.75 Å². The Morgan fingerprint density at radius 1 is 1.00 bits per heavy atom. The van der Waals surface area contributed by atoms with E-state index in [0.29, 0.717) is 5.56 Å². The van der Waals surface area contributed by atoms with Gasteiger partial charge in [-0.1, -0.05) is 36.4 Å². The Hall–Kier alpha value is -3.08. The summed E-state index contributed by atoms with van der Waals surface area (Å²) < 4.78 is 0. The summed E-state index contributed by atoms with van der Waals surface area (Å²) in [6.45, 7) is 0. The monoisotopic (exact) mass is 310 g/mol. The van der Waals surface area contributed by atoms with Gasteiger partial charge < -0.3 is 10.0 Å². The van der Waals surface area contributed by atoms with Crippen molar-refractivity contribution in [1.82, 2.24) is 0 Å². The molecule has 0 radical (unpaired) electrons. The Kier molecular flexibility index (Phi) is 5.15. The van der Waals surface area contributed by atoms with Crippen LogP contribution in [0.25, 0.3) is 12.2 Å². The molecule has 2 aromatic carbocycles. The van der Waals surface area contributed by atoms with Crippen molar-refractivity contribution in [3.8, 4) is 5.75 Å². The van der Waals surface area contributed by atoms with Gasteiger partial charge in [-0.25, -0.2) is 0 Å². The van der Waals surface area contributed by atoms with E-state index in [-0.39, 0.29) is 11.4 Å². The number of nitro benzene ring substituents is 1. The van der Waals surface area contributed by atoms with Crippen LogP contribution in [0.15, 0.2) is 54.6 Å². The second-order valence-electron chi connectivity index (χ2n) is 5.21. The minimum Gasteiger partial charge on any atom is -0.502 e. The number of nitro groups is 1. The molecule has 2 rings (SSSR count). The van der Waals surface area contributed by atoms with Crippen molar-refractivity contribution in [2.24, 2.45) is 0 Å². The van der Waals surface area contributed by atoms with E-state index < -0.39 is 4.92 Å². The van der Waals surface area contributed by atoms with Crippen molar-refractivity contribution >= 4 is 23.5 Å². The zero-order chi connectivity index (χ0) is 16.8. The van der Waals surface area contributed by atoms with Gasteiger partial charge in [0, 0.05) is 25.8 Å². The molecule has 0 unspecified atom stereocenters. The van der Waals surface area contributed by atoms with E-state index >= 15 is 0 Å². The number of hydrogen-bond acceptors (Lipinski definition) is 4. The van der Waals surface area contributed by atoms with E-state index in [1.807, 2.05) is 61.5 Å². The fraction of sp³-hybridized carbons (Fsp3) is 0.111. The Labute approximate surface area is 135 Å². The average Bonchev–Trinajstić information content (AvgIpc) is 2.51. The first kappa shape index (κ1) is 16.3. The standard InChI is InChI=1S/C18H18N2O3/c1-19(2)16-10-7-14(8-11-16)5-3-4-6-15-9-12-17(20(22)23)18(21)13-15/h3-13,21H,1-2H3/b5-3+,6-4+. The summed E-state index contributed by atoms with van der Waals surface area (Å²) in [5, 5.41) is 20.2. The highest BCUT2D eigenvalue weighted by molar-refractivity contribution is 5.61. The van der Waals surface area contributed by atoms with Crippen molar-refractivity contribution in [3.05, 3.63) is 75.9 Å². The van der Waals surface area contributed by atoms with Crippen molar-refractivity contribution in [3.63, 3.8) is 0 Å². The van der Waals surface area contributed by atoms with Crippen molar-refractivity contribution < 1.29 is 10.0 Å². The number of anilines is 1. The summed E-state index contributed by atoms with van der Waals surface area (Å²) >= 11 is 0. The van der Waals surface area contributed by atoms with E-state index in [4.69, 9.17) is 0 Å². The van der Waals surface area contributed by atoms with Crippen LogP contribution in [-0.2, 0) is 0 Å². The lowest BCUT2D eigenvalue weighted by Gasteiger charge is -2.11. The average molecular weight is 310 g/mol. The molecule has 0 spiro atoms. The molecule has 0 saturated heterocycles. The largest absolute Gasteiger partial charge is 0.502 e. The topological polar surface area (TPSA) is 66.6 Å². The smallest absolute Gasteiger partial charge is 0.310 e. The first-order valence-corrected chi connectivity index (χ1v) is 7.07. The molecule has 0 aliphatic carbocycles. The molecule has 0 bridgehead atoms. The highest BCUT2D eigenvalue weighted by Gasteiger charge is 2.11. The molecule has 5 nitrogen and oxygen atoms in total. The van der Waals surface area contributed by atoms with Crippen molar-refractivity contribution in [1.29, 1.82) is 0 Å². The molecular formula is C18H18N2O3. The van der Waals surface area contributed by atoms with E-state index in [2.05, 4.69) is 0 Å². The number of benzene rings is 2. The van der Waals surface area contributed by atoms with Gasteiger partial charge in [-0.2, -0.15) is 0 Å². The molecule has 1 N–H and O–H groups in total. The van der Waals surface area contributed by atoms with Gasteiger partial charge in [-0.15, -0.1) is 0 Å². The van der Waals surface area contributed by atoms with Gasteiger partial charge in [0.05, 0.1) is 4.92 Å². The number of hydrogen-bond donors (Lipinski definition) is 1. The first-order valence-electron chi connectivity index (χ1n) is 7.07. The van der Waals surface area contributed by atoms with Crippen LogP contribution in [0.2, 0.25) is 0 Å². The molecule has 0 aliphatic rings. The van der Waals surface area contributed by atoms with Gasteiger partial charge in [0.2, 0.25) is 0 Å². The molecule has 0 aliphatic heterocycles. The lowest BCUT2D eigenvalue weighted by molar-refractivity contribution is -0.385. The SMILES string of the molecule is CN(C)c1ccc(/C=C/C=C/c2ccc([N+](=O)[O-])c(O)c2)cc1. The normalized spacial score (nSPS) is 11.2. The minimum atomic E-state index is -0.611. The lowest BCUT2D eigenvalue weighted by atomic mass is 10.1. The molecule has 5 heteroatoms. The van der Waals surface area contributed by atoms with E-state index in [9.17, 15) is 15.2 Å². The molecule has 0 fully saturated rings. The third kappa shape index (κ3) is 4.44. The summed E-state index contributed by atoms with van der Waals surface area (Å²) in [6.07, 6.45) is 7.43. The van der Waals surface area contributed by atoms with Crippen LogP contribution >= 0.6 is 0 Å². The maximum Gasteiger partial charge on any atom is 0.310 e. The van der Waals surface area contributed by atoms with Crippen molar-refractivity contribution in [2.75, 3.05) is 19.0 Å². The summed E-state index contributed by atoms with van der Waals surface area (Å²) in [4.78, 5) is 12.1. The molecular weight excluding hydrogens is 292 g/mol. The number of aromatic hydroxyl groups is 1. The molecule has 2 aromatic rings. The predicted octanol–water partition coefficient (Wildman–Crippen LogP) is 4.09. The third-order valence-corrected chi connectivity index (χ3v) is 3.29. The number of phenolic OH excluding ortho intramolecular Hbond substituents is 1. The molecule has 0 saturated carbocycles. The highest BCUT2D eigenvalue weighted by atomic mass is 16.6. The van der Waals surface area contributed by atoms with Crippen LogP contribution in [-0.4, -0.2) is 24.1 Å². The summed E-state index contributed by atoms with van der Waals surface area (Å²) in [7, 11) is 3.99. The second kappa shape index (κ2) is 7.26. The van der Waals surface area contributed by atoms with Crippen LogP contribution in [0, 0.1) is 10.1 Å². The van der Waals surface area contributed by atoms with E-state index in [1.54, 1.807) is 12.1 Å². The first-order chi connectivity index (χ1) is 11.0. The quantitative estimate of drug-likeness (QED) is 0.513. The summed E-state index contributed by atoms with van der Waals surface area (Å²) in [5.74, 6) is -0.333. The minimum absolute atomic E-state index is 0.293. The molecule has 0 heterocycles. The molecule has 0 amide bonds. The molecule has 0 aromatic heterocycles. The van der Waals surface area contributed by atoms with Crippen molar-refractivity contribution in [2.45, 2.75) is 0 Å². The van der Waals surface area contributed by atoms with Gasteiger partial charge in [0.1, 0.15) is 0 Å². The zero-order valence-corrected chi connectivity index (χ0v) is 13.0. The second-order valence-corrected chi connectivity index (χ2v) is 5.21. The Morgan fingerprint density at radius 2 is 1.57 bits per heavy atom. The van der Waals surface area contributed by atoms with Crippen LogP contribution in [0.5, 0.6) is 5.75 Å². The third-order valence-electron chi connectivity index (χ3n) is 3.29. The van der Waals surface area contributed by atoms with Crippen LogP contribution in [0.3, 0.4) is 0 Å². The van der Waals surface area contributed by atoms with E-state index in [1.165, 1.54) is 12.1 Å². The Morgan fingerprint density at radius 3 is 2.09 bits per heavy atom. The number of allylic oxidation sites excluding steroid dienone is 2. The lowest BCUT2D eigenvalue weighted by Crippen LogP contribution is -2.07. The number of phenols is 1. The Balaban J connectivity index is 2.03. The van der Waals surface area contributed by atoms with Crippen LogP contribution in [0.1, 0.15) is 11.1 Å². The number of rotatable bonds is 5. The van der Waals surface area contributed by atoms with Gasteiger partial charge in [-0.3, -0.25) is 10.1 Å². The fourth-order valence-corrected chi connectivity index (χ4v) is 2.02. The predicted molar refractivity (Wildman–Crippen MR) is 93.6 cm³/mol. The van der Waals surface area contributed by atoms with Crippen LogP contribution < -0.4 is 4.90 Å². The van der Waals surface area contributed by atoms with Gasteiger partial charge >= 0.3 is 5.69 Å². The summed E-state index contributed by atoms with van der Waals surface area (Å²) in [6, 6.07) is 12.4. The van der Waals surface area contributed by atoms with Gasteiger partial charge in [0.25, 0.3) is 0 Å². The molecule has 23 heavy (non-hydrogen) atoms. The van der Waals surface area contributed by atoms with Gasteiger partial charge in [-0.05, 0) is 35.4 Å². The fourth-order valence-electron chi connectivity index (χ4n) is 2.02. The van der Waals surface area contributed by atoms with Crippen LogP contribution in [0.4, 0.5) is 11.4 Å².